The first-order valence-corrected chi connectivity index (χ1v) is 11.1. The van der Waals surface area contributed by atoms with Gasteiger partial charge in [0.2, 0.25) is 11.8 Å². The Hall–Kier alpha value is -4.07. The van der Waals surface area contributed by atoms with Crippen LogP contribution in [0.2, 0.25) is 0 Å². The molecule has 1 saturated heterocycles. The van der Waals surface area contributed by atoms with Gasteiger partial charge in [-0.15, -0.1) is 10.2 Å². The first kappa shape index (κ1) is 25.0. The van der Waals surface area contributed by atoms with Crippen LogP contribution in [0.25, 0.3) is 16.3 Å². The minimum Gasteiger partial charge on any atom is -0.494 e. The maximum absolute atomic E-state index is 13.3. The SMILES string of the molecule is [C-]#[N+]c1ccc(OC2C(=O)N(Cc3nnc(-c4cccc(OCC)c4)o3)CC2(C)C)cc1C(F)(F)F. The molecule has 1 unspecified atom stereocenters. The number of benzene rings is 2. The number of aromatic nitrogens is 2. The lowest BCUT2D eigenvalue weighted by Crippen LogP contribution is -2.36. The van der Waals surface area contributed by atoms with E-state index < -0.39 is 34.9 Å². The number of halogens is 3. The van der Waals surface area contributed by atoms with Crippen molar-refractivity contribution in [3.05, 3.63) is 65.3 Å². The Morgan fingerprint density at radius 3 is 2.67 bits per heavy atom. The Kier molecular flexibility index (Phi) is 6.63. The molecule has 1 aliphatic heterocycles. The molecule has 0 saturated carbocycles. The molecule has 4 rings (SSSR count). The normalized spacial score (nSPS) is 17.2. The summed E-state index contributed by atoms with van der Waals surface area (Å²) in [6.07, 6.45) is -5.76. The highest BCUT2D eigenvalue weighted by molar-refractivity contribution is 5.84. The number of ether oxygens (including phenoxy) is 2. The highest BCUT2D eigenvalue weighted by atomic mass is 19.4. The van der Waals surface area contributed by atoms with Crippen LogP contribution in [0.3, 0.4) is 0 Å². The van der Waals surface area contributed by atoms with Gasteiger partial charge in [-0.3, -0.25) is 4.79 Å². The summed E-state index contributed by atoms with van der Waals surface area (Å²) < 4.78 is 57.0. The molecule has 0 aliphatic carbocycles. The number of amides is 1. The van der Waals surface area contributed by atoms with Crippen molar-refractivity contribution in [2.75, 3.05) is 13.2 Å². The van der Waals surface area contributed by atoms with Crippen LogP contribution >= 0.6 is 0 Å². The lowest BCUT2D eigenvalue weighted by molar-refractivity contribution is -0.137. The fourth-order valence-electron chi connectivity index (χ4n) is 4.03. The Balaban J connectivity index is 1.50. The Labute approximate surface area is 205 Å². The lowest BCUT2D eigenvalue weighted by atomic mass is 9.89. The molecule has 0 bridgehead atoms. The van der Waals surface area contributed by atoms with Gasteiger partial charge in [-0.2, -0.15) is 13.2 Å². The van der Waals surface area contributed by atoms with Crippen LogP contribution in [0.5, 0.6) is 11.5 Å². The van der Waals surface area contributed by atoms with E-state index in [1.165, 1.54) is 11.0 Å². The quantitative estimate of drug-likeness (QED) is 0.398. The van der Waals surface area contributed by atoms with Crippen LogP contribution in [0.15, 0.2) is 46.9 Å². The van der Waals surface area contributed by atoms with Crippen molar-refractivity contribution in [1.82, 2.24) is 15.1 Å². The van der Waals surface area contributed by atoms with Crippen molar-refractivity contribution in [2.24, 2.45) is 5.41 Å². The van der Waals surface area contributed by atoms with E-state index in [0.717, 1.165) is 12.1 Å². The second-order valence-electron chi connectivity index (χ2n) is 8.93. The maximum Gasteiger partial charge on any atom is 0.407 e. The predicted octanol–water partition coefficient (Wildman–Crippen LogP) is 5.52. The first-order valence-electron chi connectivity index (χ1n) is 11.1. The number of hydrogen-bond acceptors (Lipinski definition) is 6. The van der Waals surface area contributed by atoms with Gasteiger partial charge >= 0.3 is 6.18 Å². The third-order valence-corrected chi connectivity index (χ3v) is 5.68. The summed E-state index contributed by atoms with van der Waals surface area (Å²) in [5.74, 6) is 0.574. The van der Waals surface area contributed by atoms with Gasteiger partial charge in [0, 0.05) is 17.5 Å². The summed E-state index contributed by atoms with van der Waals surface area (Å²) >= 11 is 0. The topological polar surface area (TPSA) is 82.0 Å². The molecule has 1 aliphatic rings. The van der Waals surface area contributed by atoms with Crippen LogP contribution in [0.4, 0.5) is 18.9 Å². The number of hydrogen-bond donors (Lipinski definition) is 0. The number of alkyl halides is 3. The molecule has 0 radical (unpaired) electrons. The van der Waals surface area contributed by atoms with Gasteiger partial charge in [0.1, 0.15) is 11.5 Å². The van der Waals surface area contributed by atoms with Crippen molar-refractivity contribution >= 4 is 11.6 Å². The van der Waals surface area contributed by atoms with E-state index in [2.05, 4.69) is 15.0 Å². The summed E-state index contributed by atoms with van der Waals surface area (Å²) in [4.78, 5) is 17.5. The Bertz CT molecular complexity index is 1310. The monoisotopic (exact) mass is 500 g/mol. The van der Waals surface area contributed by atoms with Crippen LogP contribution in [-0.2, 0) is 17.5 Å². The minimum atomic E-state index is -4.72. The maximum atomic E-state index is 13.3. The van der Waals surface area contributed by atoms with Gasteiger partial charge in [-0.25, -0.2) is 4.85 Å². The van der Waals surface area contributed by atoms with Gasteiger partial charge in [-0.1, -0.05) is 26.0 Å². The molecule has 8 nitrogen and oxygen atoms in total. The van der Waals surface area contributed by atoms with Gasteiger partial charge < -0.3 is 18.8 Å². The average Bonchev–Trinajstić information content (AvgIpc) is 3.37. The van der Waals surface area contributed by atoms with E-state index >= 15 is 0 Å². The number of carbonyl (C=O) groups excluding carboxylic acids is 1. The van der Waals surface area contributed by atoms with Crippen molar-refractivity contribution in [3.8, 4) is 23.0 Å². The second-order valence-corrected chi connectivity index (χ2v) is 8.93. The minimum absolute atomic E-state index is 0.0186. The fourth-order valence-corrected chi connectivity index (χ4v) is 4.03. The molecular weight excluding hydrogens is 477 g/mol. The molecular formula is C25H23F3N4O4. The molecule has 1 atom stereocenters. The van der Waals surface area contributed by atoms with E-state index in [1.807, 2.05) is 13.0 Å². The largest absolute Gasteiger partial charge is 0.494 e. The molecule has 1 fully saturated rings. The predicted molar refractivity (Wildman–Crippen MR) is 122 cm³/mol. The fraction of sp³-hybridized carbons (Fsp3) is 0.360. The first-order chi connectivity index (χ1) is 17.0. The number of nitrogens with zero attached hydrogens (tertiary/aromatic N) is 4. The molecule has 0 N–H and O–H groups in total. The Morgan fingerprint density at radius 2 is 1.97 bits per heavy atom. The smallest absolute Gasteiger partial charge is 0.407 e. The van der Waals surface area contributed by atoms with Crippen LogP contribution in [0.1, 0.15) is 32.2 Å². The highest BCUT2D eigenvalue weighted by Crippen LogP contribution is 2.40. The molecule has 1 amide bonds. The zero-order valence-electron chi connectivity index (χ0n) is 19.8. The standard InChI is InChI=1S/C25H23F3N4O4/c1-5-34-16-8-6-7-15(11-16)22-31-30-20(36-22)13-32-14-24(2,3)21(23(32)33)35-17-9-10-19(29-4)18(12-17)25(26,27)28/h6-12,21H,5,13-14H2,1-3H3. The molecule has 2 aromatic carbocycles. The Morgan fingerprint density at radius 1 is 1.19 bits per heavy atom. The molecule has 2 heterocycles. The van der Waals surface area contributed by atoms with Gasteiger partial charge in [0.05, 0.1) is 25.3 Å². The third kappa shape index (κ3) is 5.12. The zero-order chi connectivity index (χ0) is 26.1. The molecule has 188 valence electrons. The molecule has 36 heavy (non-hydrogen) atoms. The van der Waals surface area contributed by atoms with Gasteiger partial charge in [0.15, 0.2) is 11.8 Å². The van der Waals surface area contributed by atoms with Gasteiger partial charge in [0.25, 0.3) is 5.91 Å². The third-order valence-electron chi connectivity index (χ3n) is 5.68. The van der Waals surface area contributed by atoms with Crippen molar-refractivity contribution < 1.29 is 31.9 Å². The van der Waals surface area contributed by atoms with Crippen molar-refractivity contribution in [3.63, 3.8) is 0 Å². The molecule has 11 heteroatoms. The van der Waals surface area contributed by atoms with Crippen LogP contribution < -0.4 is 9.47 Å². The van der Waals surface area contributed by atoms with Crippen molar-refractivity contribution in [1.29, 1.82) is 0 Å². The number of carbonyl (C=O) groups is 1. The van der Waals surface area contributed by atoms with Gasteiger partial charge in [-0.05, 0) is 37.3 Å². The molecule has 3 aromatic rings. The van der Waals surface area contributed by atoms with Crippen LogP contribution in [0, 0.1) is 12.0 Å². The number of likely N-dealkylation sites (tertiary alicyclic amines) is 1. The molecule has 0 spiro atoms. The van der Waals surface area contributed by atoms with Crippen molar-refractivity contribution in [2.45, 2.75) is 39.6 Å². The highest BCUT2D eigenvalue weighted by Gasteiger charge is 2.48. The summed E-state index contributed by atoms with van der Waals surface area (Å²) in [6.45, 7) is 13.2. The van der Waals surface area contributed by atoms with Crippen LogP contribution in [-0.4, -0.2) is 40.3 Å². The lowest BCUT2D eigenvalue weighted by Gasteiger charge is -2.24. The zero-order valence-corrected chi connectivity index (χ0v) is 19.8. The van der Waals surface area contributed by atoms with E-state index in [0.29, 0.717) is 17.9 Å². The molecule has 1 aromatic heterocycles. The average molecular weight is 500 g/mol. The van der Waals surface area contributed by atoms with E-state index in [9.17, 15) is 18.0 Å². The second kappa shape index (κ2) is 9.53. The summed E-state index contributed by atoms with van der Waals surface area (Å²) in [7, 11) is 0. The van der Waals surface area contributed by atoms with E-state index in [4.69, 9.17) is 20.5 Å². The number of rotatable bonds is 7. The summed E-state index contributed by atoms with van der Waals surface area (Å²) in [5, 5.41) is 8.09. The van der Waals surface area contributed by atoms with E-state index in [-0.39, 0.29) is 30.6 Å². The summed E-state index contributed by atoms with van der Waals surface area (Å²) in [6, 6.07) is 10.2. The van der Waals surface area contributed by atoms with E-state index in [1.54, 1.807) is 32.0 Å². The summed E-state index contributed by atoms with van der Waals surface area (Å²) in [5.41, 5.74) is -1.70.